The quantitative estimate of drug-likeness (QED) is 0.523. The molecule has 1 aliphatic rings. The van der Waals surface area contributed by atoms with E-state index in [1.54, 1.807) is 0 Å². The molecule has 1 aliphatic heterocycles. The molecule has 0 fully saturated rings. The number of hydrogen-bond donors (Lipinski definition) is 2. The molecule has 2 N–H and O–H groups in total. The Morgan fingerprint density at radius 3 is 3.50 bits per heavy atom. The highest BCUT2D eigenvalue weighted by Crippen LogP contribution is 2.06. The van der Waals surface area contributed by atoms with Crippen LogP contribution in [-0.4, -0.2) is 11.7 Å². The lowest BCUT2D eigenvalue weighted by atomic mass is 10.1. The van der Waals surface area contributed by atoms with E-state index < -0.39 is 30.5 Å². The SMILES string of the molecule is [2H]C1NC([2H])([2H])C([2H])([2H])c2c1o[nH]c2=O. The van der Waals surface area contributed by atoms with Crippen molar-refractivity contribution in [3.63, 3.8) is 0 Å². The maximum absolute atomic E-state index is 11.2. The van der Waals surface area contributed by atoms with Gasteiger partial charge in [-0.25, -0.2) is 0 Å². The fourth-order valence-electron chi connectivity index (χ4n) is 0.735. The fraction of sp³-hybridized carbons (Fsp3) is 0.500. The highest BCUT2D eigenvalue weighted by atomic mass is 16.5. The van der Waals surface area contributed by atoms with Gasteiger partial charge in [0.05, 0.1) is 13.5 Å². The molecule has 1 aromatic rings. The van der Waals surface area contributed by atoms with Gasteiger partial charge in [0.2, 0.25) is 0 Å². The van der Waals surface area contributed by atoms with Gasteiger partial charge < -0.3 is 9.84 Å². The van der Waals surface area contributed by atoms with E-state index in [0.717, 1.165) is 0 Å². The van der Waals surface area contributed by atoms with E-state index in [0.29, 0.717) is 0 Å². The molecule has 0 aromatic carbocycles. The lowest BCUT2D eigenvalue weighted by Crippen LogP contribution is -2.25. The molecule has 0 saturated heterocycles. The second-order valence-corrected chi connectivity index (χ2v) is 1.81. The normalized spacial score (nSPS) is 41.6. The lowest BCUT2D eigenvalue weighted by Gasteiger charge is -2.07. The molecule has 54 valence electrons. The molecular formula is C6H8N2O2. The Morgan fingerprint density at radius 2 is 2.60 bits per heavy atom. The molecule has 1 aromatic heterocycles. The standard InChI is InChI=1S/C6H8N2O2/c9-6-4-1-2-7-3-5(4)10-8-6/h7H,1-3H2,(H,8,9)/i1D2,2D2,3D. The van der Waals surface area contributed by atoms with Gasteiger partial charge in [0.15, 0.2) is 5.76 Å². The maximum atomic E-state index is 11.2. The highest BCUT2D eigenvalue weighted by Gasteiger charge is 2.15. The molecular weight excluding hydrogens is 132 g/mol. The second-order valence-electron chi connectivity index (χ2n) is 1.81. The fourth-order valence-corrected chi connectivity index (χ4v) is 0.735. The van der Waals surface area contributed by atoms with E-state index in [1.165, 1.54) is 0 Å². The van der Waals surface area contributed by atoms with Crippen molar-refractivity contribution in [3.05, 3.63) is 21.7 Å². The third-order valence-corrected chi connectivity index (χ3v) is 1.19. The summed E-state index contributed by atoms with van der Waals surface area (Å²) in [6, 6.07) is 0. The summed E-state index contributed by atoms with van der Waals surface area (Å²) in [6.07, 6.45) is -2.53. The van der Waals surface area contributed by atoms with Crippen molar-refractivity contribution < 1.29 is 11.4 Å². The number of hydrogen-bond acceptors (Lipinski definition) is 3. The Morgan fingerprint density at radius 1 is 1.70 bits per heavy atom. The number of aromatic nitrogens is 1. The smallest absolute Gasteiger partial charge is 0.283 e. The van der Waals surface area contributed by atoms with Gasteiger partial charge in [-0.15, -0.1) is 0 Å². The molecule has 0 saturated carbocycles. The van der Waals surface area contributed by atoms with Gasteiger partial charge in [0, 0.05) is 5.48 Å². The van der Waals surface area contributed by atoms with Crippen LogP contribution in [0.4, 0.5) is 0 Å². The average molecular weight is 145 g/mol. The Hall–Kier alpha value is -1.03. The minimum Gasteiger partial charge on any atom is -0.382 e. The predicted octanol–water partition coefficient (Wildman–Crippen LogP) is -0.386. The summed E-state index contributed by atoms with van der Waals surface area (Å²) in [5.74, 6) is -0.208. The monoisotopic (exact) mass is 145 g/mol. The molecule has 0 aliphatic carbocycles. The summed E-state index contributed by atoms with van der Waals surface area (Å²) in [4.78, 5) is 11.2. The van der Waals surface area contributed by atoms with Crippen LogP contribution in [-0.2, 0) is 12.9 Å². The van der Waals surface area contributed by atoms with Gasteiger partial charge in [0.1, 0.15) is 0 Å². The van der Waals surface area contributed by atoms with Gasteiger partial charge in [-0.05, 0) is 12.9 Å². The van der Waals surface area contributed by atoms with Gasteiger partial charge >= 0.3 is 0 Å². The van der Waals surface area contributed by atoms with Crippen molar-refractivity contribution in [2.75, 3.05) is 6.50 Å². The Labute approximate surface area is 64.2 Å². The summed E-state index contributed by atoms with van der Waals surface area (Å²) >= 11 is 0. The van der Waals surface area contributed by atoms with Crippen LogP contribution in [0.25, 0.3) is 0 Å². The van der Waals surface area contributed by atoms with Crippen molar-refractivity contribution in [2.24, 2.45) is 0 Å². The summed E-state index contributed by atoms with van der Waals surface area (Å²) < 4.78 is 41.9. The van der Waals surface area contributed by atoms with Gasteiger partial charge in [-0.3, -0.25) is 4.79 Å². The summed E-state index contributed by atoms with van der Waals surface area (Å²) in [7, 11) is 0. The first kappa shape index (κ1) is 2.54. The zero-order valence-electron chi connectivity index (χ0n) is 9.89. The lowest BCUT2D eigenvalue weighted by molar-refractivity contribution is 0.362. The minimum absolute atomic E-state index is 0.208. The number of aromatic amines is 1. The zero-order chi connectivity index (χ0) is 11.4. The zero-order valence-corrected chi connectivity index (χ0v) is 4.89. The van der Waals surface area contributed by atoms with Gasteiger partial charge in [0.25, 0.3) is 5.56 Å². The Kier molecular flexibility index (Phi) is 0.504. The molecule has 2 heterocycles. The van der Waals surface area contributed by atoms with Crippen LogP contribution in [0.15, 0.2) is 9.32 Å². The van der Waals surface area contributed by atoms with Crippen LogP contribution in [0.2, 0.25) is 0 Å². The first-order valence-electron chi connectivity index (χ1n) is 5.27. The Bertz CT molecular complexity index is 451. The van der Waals surface area contributed by atoms with Crippen molar-refractivity contribution in [1.29, 1.82) is 0 Å². The minimum atomic E-state index is -2.53. The van der Waals surface area contributed by atoms with Crippen LogP contribution in [0, 0.1) is 0 Å². The van der Waals surface area contributed by atoms with Crippen LogP contribution in [0.3, 0.4) is 0 Å². The molecule has 4 nitrogen and oxygen atoms in total. The van der Waals surface area contributed by atoms with E-state index in [1.807, 2.05) is 5.16 Å². The highest BCUT2D eigenvalue weighted by molar-refractivity contribution is 5.16. The van der Waals surface area contributed by atoms with E-state index in [9.17, 15) is 4.79 Å². The molecule has 0 bridgehead atoms. The summed E-state index contributed by atoms with van der Waals surface area (Å²) in [5.41, 5.74) is -1.29. The second kappa shape index (κ2) is 1.98. The number of fused-ring (bicyclic) bond motifs is 1. The van der Waals surface area contributed by atoms with Crippen LogP contribution in [0.5, 0.6) is 0 Å². The molecule has 10 heavy (non-hydrogen) atoms. The largest absolute Gasteiger partial charge is 0.382 e. The van der Waals surface area contributed by atoms with Gasteiger partial charge in [-0.1, -0.05) is 0 Å². The van der Waals surface area contributed by atoms with E-state index in [4.69, 9.17) is 6.85 Å². The van der Waals surface area contributed by atoms with Crippen molar-refractivity contribution in [3.8, 4) is 0 Å². The van der Waals surface area contributed by atoms with E-state index in [2.05, 4.69) is 9.84 Å². The van der Waals surface area contributed by atoms with Crippen molar-refractivity contribution in [1.82, 2.24) is 10.5 Å². The molecule has 1 unspecified atom stereocenters. The van der Waals surface area contributed by atoms with E-state index in [-0.39, 0.29) is 5.76 Å². The Balaban J connectivity index is 2.71. The molecule has 2 rings (SSSR count). The third kappa shape index (κ3) is 0.690. The van der Waals surface area contributed by atoms with Gasteiger partial charge in [-0.2, -0.15) is 5.16 Å². The molecule has 0 spiro atoms. The molecule has 1 atom stereocenters. The third-order valence-electron chi connectivity index (χ3n) is 1.19. The summed E-state index contributed by atoms with van der Waals surface area (Å²) in [5, 5.41) is 3.99. The molecule has 0 amide bonds. The molecule has 0 radical (unpaired) electrons. The van der Waals surface area contributed by atoms with E-state index >= 15 is 0 Å². The molecule has 4 heteroatoms. The van der Waals surface area contributed by atoms with Crippen LogP contribution < -0.4 is 10.9 Å². The number of H-pyrrole nitrogens is 1. The first-order valence-corrected chi connectivity index (χ1v) is 2.69. The number of nitrogens with one attached hydrogen (secondary N) is 2. The topological polar surface area (TPSA) is 58.0 Å². The number of rotatable bonds is 0. The van der Waals surface area contributed by atoms with Crippen LogP contribution >= 0.6 is 0 Å². The maximum Gasteiger partial charge on any atom is 0.283 e. The van der Waals surface area contributed by atoms with Crippen LogP contribution in [0.1, 0.15) is 18.2 Å². The average Bonchev–Trinajstić information content (AvgIpc) is 2.44. The summed E-state index contributed by atoms with van der Waals surface area (Å²) in [6.45, 7) is -3.78. The van der Waals surface area contributed by atoms with Crippen molar-refractivity contribution in [2.45, 2.75) is 12.9 Å². The predicted molar refractivity (Wildman–Crippen MR) is 34.7 cm³/mol. The van der Waals surface area contributed by atoms with Crippen molar-refractivity contribution >= 4 is 0 Å². The first-order chi connectivity index (χ1) is 6.77.